The van der Waals surface area contributed by atoms with Crippen molar-refractivity contribution in [1.82, 2.24) is 0 Å². The Bertz CT molecular complexity index is 1690. The Morgan fingerprint density at radius 2 is 1.66 bits per heavy atom. The average Bonchev–Trinajstić information content (AvgIpc) is 3.16. The second kappa shape index (κ2) is 8.07. The Morgan fingerprint density at radius 3 is 2.31 bits per heavy atom. The minimum Gasteiger partial charge on any atom is -0.456 e. The molecule has 0 saturated carbocycles. The first kappa shape index (κ1) is 23.3. The van der Waals surface area contributed by atoms with Crippen LogP contribution in [0.25, 0.3) is 48.9 Å². The number of benzene rings is 3. The van der Waals surface area contributed by atoms with Crippen LogP contribution < -0.4 is 9.75 Å². The third kappa shape index (κ3) is 3.66. The lowest BCUT2D eigenvalue weighted by Gasteiger charge is -2.19. The molecule has 0 spiro atoms. The van der Waals surface area contributed by atoms with E-state index < -0.39 is 8.07 Å². The predicted molar refractivity (Wildman–Crippen MR) is 151 cm³/mol. The van der Waals surface area contributed by atoms with Crippen LogP contribution >= 0.6 is 0 Å². The highest BCUT2D eigenvalue weighted by molar-refractivity contribution is 6.88. The molecule has 5 aromatic rings. The molecule has 0 unspecified atom stereocenters. The highest BCUT2D eigenvalue weighted by Gasteiger charge is 2.27. The topological polar surface area (TPSA) is 21.4 Å². The lowest BCUT2D eigenvalue weighted by molar-refractivity contribution is -0.633. The van der Waals surface area contributed by atoms with Gasteiger partial charge in [0, 0.05) is 28.3 Å². The maximum absolute atomic E-state index is 7.40. The Balaban J connectivity index is 1.90. The average molecular weight is 478 g/mol. The van der Waals surface area contributed by atoms with Crippen molar-refractivity contribution in [2.45, 2.75) is 53.3 Å². The first-order valence-corrected chi connectivity index (χ1v) is 15.8. The van der Waals surface area contributed by atoms with Crippen molar-refractivity contribution in [2.75, 3.05) is 0 Å². The van der Waals surface area contributed by atoms with Crippen molar-refractivity contribution in [3.63, 3.8) is 0 Å². The van der Waals surface area contributed by atoms with Crippen LogP contribution in [0, 0.1) is 20.4 Å². The minimum atomic E-state index is -1.43. The van der Waals surface area contributed by atoms with E-state index in [-0.39, 0.29) is 0 Å². The summed E-state index contributed by atoms with van der Waals surface area (Å²) in [6.07, 6.45) is 0. The Morgan fingerprint density at radius 1 is 0.914 bits per heavy atom. The van der Waals surface area contributed by atoms with Gasteiger partial charge in [-0.15, -0.1) is 0 Å². The number of hydrogen-bond donors (Lipinski definition) is 0. The van der Waals surface area contributed by atoms with Gasteiger partial charge in [0.2, 0.25) is 11.2 Å². The van der Waals surface area contributed by atoms with E-state index in [0.717, 1.165) is 33.2 Å². The van der Waals surface area contributed by atoms with E-state index in [1.807, 2.05) is 18.2 Å². The molecule has 0 aliphatic rings. The number of hydrogen-bond acceptors (Lipinski definition) is 1. The van der Waals surface area contributed by atoms with Crippen molar-refractivity contribution in [3.8, 4) is 11.3 Å². The highest BCUT2D eigenvalue weighted by atomic mass is 28.3. The number of fused-ring (bicyclic) bond motifs is 4. The zero-order valence-electron chi connectivity index (χ0n) is 22.0. The van der Waals surface area contributed by atoms with Gasteiger partial charge in [0.15, 0.2) is 5.69 Å². The zero-order valence-corrected chi connectivity index (χ0v) is 23.0. The highest BCUT2D eigenvalue weighted by Crippen LogP contribution is 2.40. The lowest BCUT2D eigenvalue weighted by atomic mass is 9.92. The molecule has 0 radical (unpaired) electrons. The van der Waals surface area contributed by atoms with Crippen LogP contribution in [-0.2, 0) is 7.05 Å². The molecule has 2 heterocycles. The maximum Gasteiger partial charge on any atom is 0.217 e. The second-order valence-corrected chi connectivity index (χ2v) is 16.2. The van der Waals surface area contributed by atoms with Crippen LogP contribution in [0.15, 0.2) is 52.9 Å². The van der Waals surface area contributed by atoms with Gasteiger partial charge >= 0.3 is 0 Å². The number of rotatable bonds is 3. The van der Waals surface area contributed by atoms with Gasteiger partial charge in [-0.1, -0.05) is 56.9 Å². The van der Waals surface area contributed by atoms with Gasteiger partial charge in [-0.3, -0.25) is 0 Å². The van der Waals surface area contributed by atoms with Crippen molar-refractivity contribution in [3.05, 3.63) is 76.6 Å². The van der Waals surface area contributed by atoms with Gasteiger partial charge in [0.25, 0.3) is 0 Å². The molecule has 0 bridgehead atoms. The quantitative estimate of drug-likeness (QED) is 0.146. The van der Waals surface area contributed by atoms with Crippen molar-refractivity contribution >= 4 is 51.8 Å². The normalized spacial score (nSPS) is 12.2. The molecule has 5 rings (SSSR count). The third-order valence-electron chi connectivity index (χ3n) is 7.46. The van der Waals surface area contributed by atoms with Crippen molar-refractivity contribution in [2.24, 2.45) is 7.05 Å². The first-order chi connectivity index (χ1) is 16.5. The number of nitrogens with zero attached hydrogens (tertiary/aromatic N) is 2. The summed E-state index contributed by atoms with van der Waals surface area (Å²) >= 11 is 0. The molecule has 0 fully saturated rings. The van der Waals surface area contributed by atoms with Crippen LogP contribution in [0.3, 0.4) is 0 Å². The summed E-state index contributed by atoms with van der Waals surface area (Å²) in [6, 6.07) is 17.4. The summed E-state index contributed by atoms with van der Waals surface area (Å²) < 4.78 is 8.82. The van der Waals surface area contributed by atoms with Gasteiger partial charge < -0.3 is 4.42 Å². The van der Waals surface area contributed by atoms with Gasteiger partial charge in [-0.05, 0) is 54.7 Å². The zero-order chi connectivity index (χ0) is 25.2. The van der Waals surface area contributed by atoms with Crippen LogP contribution in [0.2, 0.25) is 19.6 Å². The standard InChI is InChI=1S/C31H33N2OSi/c1-18(2)24-17-28(33(6)27-13-11-22(16-25(24)27)35(7,8)9)30-20(4)19(3)14-26-23-12-10-21(32-5)15-29(23)34-31(26)30/h10-18H,1-4,6-9H3/q+1. The molecular formula is C31H33N2OSi+. The van der Waals surface area contributed by atoms with Crippen LogP contribution in [0.5, 0.6) is 0 Å². The molecule has 0 amide bonds. The molecule has 0 aliphatic carbocycles. The fraction of sp³-hybridized carbons (Fsp3) is 0.290. The monoisotopic (exact) mass is 477 g/mol. The molecule has 3 nitrogen and oxygen atoms in total. The van der Waals surface area contributed by atoms with Crippen LogP contribution in [0.4, 0.5) is 5.69 Å². The first-order valence-electron chi connectivity index (χ1n) is 12.3. The van der Waals surface area contributed by atoms with Crippen LogP contribution in [-0.4, -0.2) is 8.07 Å². The van der Waals surface area contributed by atoms with E-state index >= 15 is 0 Å². The number of aromatic nitrogens is 1. The summed E-state index contributed by atoms with van der Waals surface area (Å²) in [5.74, 6) is 0.395. The summed E-state index contributed by atoms with van der Waals surface area (Å²) in [5, 5.41) is 5.00. The fourth-order valence-electron chi connectivity index (χ4n) is 5.20. The van der Waals surface area contributed by atoms with Gasteiger partial charge in [-0.25, -0.2) is 4.85 Å². The number of aryl methyl sites for hydroxylation is 2. The van der Waals surface area contributed by atoms with E-state index in [1.54, 1.807) is 0 Å². The minimum absolute atomic E-state index is 0.395. The smallest absolute Gasteiger partial charge is 0.217 e. The SMILES string of the molecule is [C-]#[N+]c1ccc2c(c1)oc1c(-c3cc(C(C)C)c4cc([Si](C)(C)C)ccc4[n+]3C)c(C)c(C)cc12. The van der Waals surface area contributed by atoms with E-state index in [1.165, 1.54) is 32.8 Å². The summed E-state index contributed by atoms with van der Waals surface area (Å²) in [5.41, 5.74) is 9.65. The third-order valence-corrected chi connectivity index (χ3v) is 9.51. The van der Waals surface area contributed by atoms with Crippen LogP contribution in [0.1, 0.15) is 36.5 Å². The number of furan rings is 1. The molecule has 2 aromatic heterocycles. The summed E-state index contributed by atoms with van der Waals surface area (Å²) in [4.78, 5) is 3.60. The summed E-state index contributed by atoms with van der Waals surface area (Å²) in [6.45, 7) is 23.6. The second-order valence-electron chi connectivity index (χ2n) is 11.1. The van der Waals surface area contributed by atoms with E-state index in [4.69, 9.17) is 11.0 Å². The Kier molecular flexibility index (Phi) is 5.38. The van der Waals surface area contributed by atoms with Gasteiger partial charge in [-0.2, -0.15) is 4.57 Å². The molecule has 176 valence electrons. The van der Waals surface area contributed by atoms with E-state index in [0.29, 0.717) is 11.6 Å². The molecule has 35 heavy (non-hydrogen) atoms. The molecule has 0 N–H and O–H groups in total. The number of pyridine rings is 1. The molecule has 0 atom stereocenters. The fourth-order valence-corrected chi connectivity index (χ4v) is 6.36. The van der Waals surface area contributed by atoms with E-state index in [2.05, 4.69) is 94.1 Å². The predicted octanol–water partition coefficient (Wildman–Crippen LogP) is 8.07. The lowest BCUT2D eigenvalue weighted by Crippen LogP contribution is -2.39. The van der Waals surface area contributed by atoms with Gasteiger partial charge in [0.1, 0.15) is 18.2 Å². The maximum atomic E-state index is 7.40. The Labute approximate surface area is 208 Å². The molecule has 0 saturated heterocycles. The summed E-state index contributed by atoms with van der Waals surface area (Å²) in [7, 11) is 0.742. The molecular weight excluding hydrogens is 444 g/mol. The molecule has 4 heteroatoms. The molecule has 3 aromatic carbocycles. The van der Waals surface area contributed by atoms with Crippen molar-refractivity contribution < 1.29 is 8.98 Å². The largest absolute Gasteiger partial charge is 0.456 e. The van der Waals surface area contributed by atoms with Gasteiger partial charge in [0.05, 0.1) is 20.2 Å². The van der Waals surface area contributed by atoms with E-state index in [9.17, 15) is 0 Å². The molecule has 0 aliphatic heterocycles. The Hall–Kier alpha value is -3.42. The van der Waals surface area contributed by atoms with Crippen molar-refractivity contribution in [1.29, 1.82) is 0 Å².